The third-order valence-corrected chi connectivity index (χ3v) is 5.17. The highest BCUT2D eigenvalue weighted by Gasteiger charge is 2.16. The van der Waals surface area contributed by atoms with Crippen LogP contribution >= 0.6 is 12.4 Å². The van der Waals surface area contributed by atoms with Crippen LogP contribution in [0.5, 0.6) is 5.75 Å². The van der Waals surface area contributed by atoms with Crippen molar-refractivity contribution in [3.8, 4) is 28.1 Å². The predicted molar refractivity (Wildman–Crippen MR) is 120 cm³/mol. The van der Waals surface area contributed by atoms with Crippen LogP contribution in [0.15, 0.2) is 65.5 Å². The standard InChI is InChI=1S/C23H25N3O3.ClH/c1-28-22-10-6-5-9-19(22)21-17-20(18-7-3-2-4-8-18)23(27)26(24-21)12-11-25-13-15-29-16-14-25;/h2-10,17H,11-16H2,1H3;1H. The summed E-state index contributed by atoms with van der Waals surface area (Å²) >= 11 is 0. The van der Waals surface area contributed by atoms with Gasteiger partial charge in [0, 0.05) is 25.2 Å². The van der Waals surface area contributed by atoms with Crippen molar-refractivity contribution in [2.45, 2.75) is 6.54 Å². The van der Waals surface area contributed by atoms with Gasteiger partial charge in [0.1, 0.15) is 5.75 Å². The number of morpholine rings is 1. The lowest BCUT2D eigenvalue weighted by Gasteiger charge is -2.26. The maximum atomic E-state index is 13.2. The Morgan fingerprint density at radius 1 is 0.967 bits per heavy atom. The Morgan fingerprint density at radius 3 is 2.40 bits per heavy atom. The summed E-state index contributed by atoms with van der Waals surface area (Å²) in [6.07, 6.45) is 0. The van der Waals surface area contributed by atoms with Crippen LogP contribution in [0.2, 0.25) is 0 Å². The lowest BCUT2D eigenvalue weighted by atomic mass is 10.0. The summed E-state index contributed by atoms with van der Waals surface area (Å²) in [4.78, 5) is 15.5. The molecular formula is C23H26ClN3O3. The lowest BCUT2D eigenvalue weighted by Crippen LogP contribution is -2.39. The second kappa shape index (κ2) is 10.4. The number of hydrogen-bond acceptors (Lipinski definition) is 5. The quantitative estimate of drug-likeness (QED) is 0.604. The van der Waals surface area contributed by atoms with Gasteiger partial charge in [0.2, 0.25) is 0 Å². The van der Waals surface area contributed by atoms with Gasteiger partial charge in [-0.2, -0.15) is 5.10 Å². The van der Waals surface area contributed by atoms with Crippen LogP contribution in [0.3, 0.4) is 0 Å². The Bertz CT molecular complexity index is 1020. The number of para-hydroxylation sites is 1. The number of methoxy groups -OCH3 is 1. The Hall–Kier alpha value is -2.67. The van der Waals surface area contributed by atoms with E-state index in [9.17, 15) is 4.79 Å². The highest BCUT2D eigenvalue weighted by atomic mass is 35.5. The van der Waals surface area contributed by atoms with E-state index in [0.717, 1.165) is 55.4 Å². The largest absolute Gasteiger partial charge is 0.496 e. The molecule has 0 unspecified atom stereocenters. The van der Waals surface area contributed by atoms with Gasteiger partial charge in [0.25, 0.3) is 5.56 Å². The van der Waals surface area contributed by atoms with Crippen molar-refractivity contribution < 1.29 is 9.47 Å². The number of ether oxygens (including phenoxy) is 2. The highest BCUT2D eigenvalue weighted by molar-refractivity contribution is 5.85. The molecule has 7 heteroatoms. The van der Waals surface area contributed by atoms with E-state index in [1.165, 1.54) is 0 Å². The molecule has 1 aromatic heterocycles. The molecule has 0 spiro atoms. The molecule has 1 aliphatic heterocycles. The molecule has 0 amide bonds. The van der Waals surface area contributed by atoms with E-state index in [1.54, 1.807) is 11.8 Å². The second-order valence-electron chi connectivity index (χ2n) is 6.99. The SMILES string of the molecule is COc1ccccc1-c1cc(-c2ccccc2)c(=O)n(CCN2CCOCC2)n1.Cl. The van der Waals surface area contributed by atoms with E-state index in [1.807, 2.05) is 60.7 Å². The minimum Gasteiger partial charge on any atom is -0.496 e. The summed E-state index contributed by atoms with van der Waals surface area (Å²) < 4.78 is 12.5. The Kier molecular flexibility index (Phi) is 7.63. The molecule has 0 aliphatic carbocycles. The van der Waals surface area contributed by atoms with Gasteiger partial charge < -0.3 is 9.47 Å². The Morgan fingerprint density at radius 2 is 1.67 bits per heavy atom. The first kappa shape index (κ1) is 22.0. The van der Waals surface area contributed by atoms with Crippen molar-refractivity contribution in [3.05, 3.63) is 71.0 Å². The van der Waals surface area contributed by atoms with Crippen molar-refractivity contribution in [2.24, 2.45) is 0 Å². The molecule has 0 saturated carbocycles. The Balaban J connectivity index is 0.00000256. The normalized spacial score (nSPS) is 14.2. The predicted octanol–water partition coefficient (Wildman–Crippen LogP) is 3.34. The number of aromatic nitrogens is 2. The van der Waals surface area contributed by atoms with Crippen LogP contribution < -0.4 is 10.3 Å². The van der Waals surface area contributed by atoms with Crippen molar-refractivity contribution in [3.63, 3.8) is 0 Å². The molecule has 0 radical (unpaired) electrons. The summed E-state index contributed by atoms with van der Waals surface area (Å²) in [5.74, 6) is 0.734. The molecule has 158 valence electrons. The maximum absolute atomic E-state index is 13.2. The molecule has 1 aliphatic rings. The van der Waals surface area contributed by atoms with Gasteiger partial charge in [0.05, 0.1) is 38.1 Å². The van der Waals surface area contributed by atoms with Gasteiger partial charge in [-0.15, -0.1) is 12.4 Å². The molecule has 0 N–H and O–H groups in total. The van der Waals surface area contributed by atoms with Crippen LogP contribution in [0.1, 0.15) is 0 Å². The number of halogens is 1. The molecule has 0 atom stereocenters. The van der Waals surface area contributed by atoms with E-state index in [2.05, 4.69) is 10.00 Å². The van der Waals surface area contributed by atoms with E-state index in [0.29, 0.717) is 12.1 Å². The lowest BCUT2D eigenvalue weighted by molar-refractivity contribution is 0.0358. The molecule has 0 bridgehead atoms. The summed E-state index contributed by atoms with van der Waals surface area (Å²) in [5, 5.41) is 4.69. The molecule has 3 aromatic rings. The van der Waals surface area contributed by atoms with Crippen molar-refractivity contribution >= 4 is 12.4 Å². The molecule has 2 aromatic carbocycles. The van der Waals surface area contributed by atoms with Gasteiger partial charge in [-0.25, -0.2) is 4.68 Å². The van der Waals surface area contributed by atoms with Crippen molar-refractivity contribution in [1.29, 1.82) is 0 Å². The molecule has 6 nitrogen and oxygen atoms in total. The minimum atomic E-state index is -0.0805. The molecule has 1 saturated heterocycles. The molecule has 2 heterocycles. The number of rotatable bonds is 6. The first-order valence-electron chi connectivity index (χ1n) is 9.87. The number of hydrogen-bond donors (Lipinski definition) is 0. The van der Waals surface area contributed by atoms with Crippen LogP contribution in [0, 0.1) is 0 Å². The van der Waals surface area contributed by atoms with Gasteiger partial charge in [-0.3, -0.25) is 9.69 Å². The van der Waals surface area contributed by atoms with Crippen LogP contribution in [-0.2, 0) is 11.3 Å². The van der Waals surface area contributed by atoms with Crippen LogP contribution in [0.4, 0.5) is 0 Å². The average molecular weight is 428 g/mol. The molecule has 4 rings (SSSR count). The molecular weight excluding hydrogens is 402 g/mol. The third-order valence-electron chi connectivity index (χ3n) is 5.17. The highest BCUT2D eigenvalue weighted by Crippen LogP contribution is 2.29. The molecule has 30 heavy (non-hydrogen) atoms. The summed E-state index contributed by atoms with van der Waals surface area (Å²) in [7, 11) is 1.64. The summed E-state index contributed by atoms with van der Waals surface area (Å²) in [6.45, 7) is 4.53. The average Bonchev–Trinajstić information content (AvgIpc) is 2.79. The van der Waals surface area contributed by atoms with Gasteiger partial charge in [0.15, 0.2) is 0 Å². The number of benzene rings is 2. The minimum absolute atomic E-state index is 0. The van der Waals surface area contributed by atoms with E-state index >= 15 is 0 Å². The number of nitrogens with zero attached hydrogens (tertiary/aromatic N) is 3. The van der Waals surface area contributed by atoms with E-state index in [-0.39, 0.29) is 18.0 Å². The summed E-state index contributed by atoms with van der Waals surface area (Å²) in [5.41, 5.74) is 3.04. The Labute approximate surface area is 182 Å². The van der Waals surface area contributed by atoms with Crippen molar-refractivity contribution in [1.82, 2.24) is 14.7 Å². The van der Waals surface area contributed by atoms with Gasteiger partial charge in [-0.05, 0) is 23.8 Å². The van der Waals surface area contributed by atoms with Gasteiger partial charge >= 0.3 is 0 Å². The van der Waals surface area contributed by atoms with Crippen LogP contribution in [0.25, 0.3) is 22.4 Å². The van der Waals surface area contributed by atoms with Gasteiger partial charge in [-0.1, -0.05) is 42.5 Å². The third kappa shape index (κ3) is 4.90. The zero-order valence-corrected chi connectivity index (χ0v) is 17.8. The van der Waals surface area contributed by atoms with Crippen molar-refractivity contribution in [2.75, 3.05) is 40.0 Å². The fourth-order valence-corrected chi connectivity index (χ4v) is 3.57. The first-order valence-corrected chi connectivity index (χ1v) is 9.87. The monoisotopic (exact) mass is 427 g/mol. The van der Waals surface area contributed by atoms with E-state index < -0.39 is 0 Å². The fourth-order valence-electron chi connectivity index (χ4n) is 3.57. The zero-order chi connectivity index (χ0) is 20.1. The zero-order valence-electron chi connectivity index (χ0n) is 17.0. The maximum Gasteiger partial charge on any atom is 0.274 e. The topological polar surface area (TPSA) is 56.6 Å². The second-order valence-corrected chi connectivity index (χ2v) is 6.99. The summed E-state index contributed by atoms with van der Waals surface area (Å²) in [6, 6.07) is 19.3. The smallest absolute Gasteiger partial charge is 0.274 e. The van der Waals surface area contributed by atoms with E-state index in [4.69, 9.17) is 9.47 Å². The fraction of sp³-hybridized carbons (Fsp3) is 0.304. The van der Waals surface area contributed by atoms with Crippen LogP contribution in [-0.4, -0.2) is 54.6 Å². The molecule has 1 fully saturated rings. The first-order chi connectivity index (χ1) is 14.3.